The monoisotopic (exact) mass is 478 g/mol. The molecular formula is C24H23F5N4O. The van der Waals surface area contributed by atoms with Gasteiger partial charge in [0.15, 0.2) is 5.82 Å². The molecule has 0 saturated heterocycles. The molecule has 0 amide bonds. The maximum absolute atomic E-state index is 13.5. The highest BCUT2D eigenvalue weighted by Gasteiger charge is 2.35. The highest BCUT2D eigenvalue weighted by Crippen LogP contribution is 2.38. The molecule has 4 rings (SSSR count). The first-order valence-corrected chi connectivity index (χ1v) is 10.6. The van der Waals surface area contributed by atoms with Crippen LogP contribution in [0.2, 0.25) is 0 Å². The van der Waals surface area contributed by atoms with E-state index in [1.54, 1.807) is 11.0 Å². The highest BCUT2D eigenvalue weighted by atomic mass is 19.4. The number of rotatable bonds is 6. The number of hydrogen-bond acceptors (Lipinski definition) is 5. The normalized spacial score (nSPS) is 14.1. The molecule has 3 aromatic rings. The number of para-hydroxylation sites is 1. The number of benzene rings is 2. The number of alkyl halides is 5. The van der Waals surface area contributed by atoms with Gasteiger partial charge in [0.2, 0.25) is 0 Å². The molecule has 0 unspecified atom stereocenters. The molecule has 1 aliphatic rings. The summed E-state index contributed by atoms with van der Waals surface area (Å²) in [7, 11) is 1.49. The number of methoxy groups -OCH3 is 1. The second-order valence-corrected chi connectivity index (χ2v) is 8.12. The van der Waals surface area contributed by atoms with E-state index in [0.717, 1.165) is 18.6 Å². The molecule has 10 heteroatoms. The van der Waals surface area contributed by atoms with E-state index in [9.17, 15) is 22.0 Å². The van der Waals surface area contributed by atoms with Gasteiger partial charge in [-0.3, -0.25) is 0 Å². The van der Waals surface area contributed by atoms with Crippen molar-refractivity contribution < 1.29 is 26.7 Å². The van der Waals surface area contributed by atoms with Crippen molar-refractivity contribution in [3.63, 3.8) is 0 Å². The average Bonchev–Trinajstić information content (AvgIpc) is 2.78. The van der Waals surface area contributed by atoms with Gasteiger partial charge in [-0.1, -0.05) is 24.3 Å². The molecule has 0 fully saturated rings. The molecule has 34 heavy (non-hydrogen) atoms. The summed E-state index contributed by atoms with van der Waals surface area (Å²) in [5, 5.41) is 3.15. The average molecular weight is 478 g/mol. The van der Waals surface area contributed by atoms with Crippen LogP contribution < -0.4 is 10.2 Å². The van der Waals surface area contributed by atoms with Crippen molar-refractivity contribution in [2.45, 2.75) is 38.6 Å². The van der Waals surface area contributed by atoms with Crippen molar-refractivity contribution in [1.29, 1.82) is 0 Å². The van der Waals surface area contributed by atoms with E-state index >= 15 is 0 Å². The minimum atomic E-state index is -4.47. The third-order valence-corrected chi connectivity index (χ3v) is 5.59. The fourth-order valence-corrected chi connectivity index (χ4v) is 3.96. The van der Waals surface area contributed by atoms with E-state index in [2.05, 4.69) is 15.3 Å². The molecule has 1 aromatic heterocycles. The molecule has 0 saturated carbocycles. The van der Waals surface area contributed by atoms with Crippen LogP contribution in [-0.4, -0.2) is 23.6 Å². The van der Waals surface area contributed by atoms with Crippen molar-refractivity contribution in [2.24, 2.45) is 0 Å². The summed E-state index contributed by atoms with van der Waals surface area (Å²) in [6.45, 7) is 1.44. The van der Waals surface area contributed by atoms with Crippen molar-refractivity contribution in [3.8, 4) is 0 Å². The maximum Gasteiger partial charge on any atom is 0.418 e. The largest absolute Gasteiger partial charge is 0.418 e. The number of ether oxygens (including phenoxy) is 1. The molecule has 0 radical (unpaired) electrons. The number of halogens is 5. The second-order valence-electron chi connectivity index (χ2n) is 8.12. The third kappa shape index (κ3) is 5.11. The van der Waals surface area contributed by atoms with Crippen molar-refractivity contribution in [1.82, 2.24) is 9.97 Å². The summed E-state index contributed by atoms with van der Waals surface area (Å²) >= 11 is 0. The fourth-order valence-electron chi connectivity index (χ4n) is 3.96. The van der Waals surface area contributed by atoms with Gasteiger partial charge in [-0.15, -0.1) is 0 Å². The van der Waals surface area contributed by atoms with Gasteiger partial charge in [-0.2, -0.15) is 13.2 Å². The van der Waals surface area contributed by atoms with E-state index in [0.29, 0.717) is 36.0 Å². The zero-order chi connectivity index (χ0) is 24.5. The van der Waals surface area contributed by atoms with Crippen LogP contribution in [0.25, 0.3) is 0 Å². The molecule has 0 aliphatic carbocycles. The van der Waals surface area contributed by atoms with Gasteiger partial charge in [0, 0.05) is 43.1 Å². The van der Waals surface area contributed by atoms with Crippen LogP contribution in [-0.2, 0) is 36.4 Å². The van der Waals surface area contributed by atoms with Gasteiger partial charge in [-0.05, 0) is 30.7 Å². The number of hydrogen-bond donors (Lipinski definition) is 1. The van der Waals surface area contributed by atoms with E-state index in [1.165, 1.54) is 43.5 Å². The van der Waals surface area contributed by atoms with E-state index in [1.807, 2.05) is 0 Å². The van der Waals surface area contributed by atoms with Crippen LogP contribution in [0.5, 0.6) is 0 Å². The smallest absolute Gasteiger partial charge is 0.377 e. The molecule has 180 valence electrons. The number of anilines is 3. The Morgan fingerprint density at radius 3 is 2.35 bits per heavy atom. The van der Waals surface area contributed by atoms with Crippen LogP contribution in [0.15, 0.2) is 48.5 Å². The van der Waals surface area contributed by atoms with Crippen LogP contribution in [0, 0.1) is 0 Å². The number of aromatic nitrogens is 2. The minimum Gasteiger partial charge on any atom is -0.377 e. The molecule has 0 atom stereocenters. The molecule has 5 nitrogen and oxygen atoms in total. The van der Waals surface area contributed by atoms with Crippen LogP contribution >= 0.6 is 0 Å². The summed E-state index contributed by atoms with van der Waals surface area (Å²) in [4.78, 5) is 10.7. The quantitative estimate of drug-likeness (QED) is 0.437. The van der Waals surface area contributed by atoms with Gasteiger partial charge < -0.3 is 15.0 Å². The van der Waals surface area contributed by atoms with Gasteiger partial charge in [-0.25, -0.2) is 18.7 Å². The molecule has 0 spiro atoms. The standard InChI is InChI=1S/C24H23F5N4O/c1-23(25,26)15-7-9-16(10-8-15)30-22-17-11-12-33(13-19(17)31-21(32-22)14-34-2)20-6-4-3-5-18(20)24(27,28)29/h3-10H,11-14H2,1-2H3,(H,30,31,32). The second kappa shape index (κ2) is 9.17. The Morgan fingerprint density at radius 1 is 1.00 bits per heavy atom. The van der Waals surface area contributed by atoms with Gasteiger partial charge in [0.05, 0.1) is 17.8 Å². The Hall–Kier alpha value is -3.27. The van der Waals surface area contributed by atoms with Gasteiger partial charge >= 0.3 is 6.18 Å². The minimum absolute atomic E-state index is 0.0955. The summed E-state index contributed by atoms with van der Waals surface area (Å²) in [5.41, 5.74) is 1.20. The van der Waals surface area contributed by atoms with Gasteiger partial charge in [0.1, 0.15) is 12.4 Å². The highest BCUT2D eigenvalue weighted by molar-refractivity contribution is 5.63. The van der Waals surface area contributed by atoms with Crippen LogP contribution in [0.3, 0.4) is 0 Å². The van der Waals surface area contributed by atoms with Crippen molar-refractivity contribution >= 4 is 17.2 Å². The lowest BCUT2D eigenvalue weighted by molar-refractivity contribution is -0.137. The Bertz CT molecular complexity index is 1160. The predicted octanol–water partition coefficient (Wildman–Crippen LogP) is 6.06. The maximum atomic E-state index is 13.5. The SMILES string of the molecule is COCc1nc2c(c(Nc3ccc(C(C)(F)F)cc3)n1)CCN(c1ccccc1C(F)(F)F)C2. The van der Waals surface area contributed by atoms with Gasteiger partial charge in [0.25, 0.3) is 5.92 Å². The fraction of sp³-hybridized carbons (Fsp3) is 0.333. The van der Waals surface area contributed by atoms with Crippen LogP contribution in [0.4, 0.5) is 39.1 Å². The van der Waals surface area contributed by atoms with E-state index in [-0.39, 0.29) is 24.4 Å². The zero-order valence-electron chi connectivity index (χ0n) is 18.6. The number of nitrogens with zero attached hydrogens (tertiary/aromatic N) is 3. The first kappa shape index (κ1) is 23.9. The Labute approximate surface area is 193 Å². The Balaban J connectivity index is 1.66. The Kier molecular flexibility index (Phi) is 6.44. The summed E-state index contributed by atoms with van der Waals surface area (Å²) in [6, 6.07) is 11.2. The third-order valence-electron chi connectivity index (χ3n) is 5.59. The number of fused-ring (bicyclic) bond motifs is 1. The zero-order valence-corrected chi connectivity index (χ0v) is 18.6. The predicted molar refractivity (Wildman–Crippen MR) is 118 cm³/mol. The Morgan fingerprint density at radius 2 is 1.71 bits per heavy atom. The lowest BCUT2D eigenvalue weighted by Crippen LogP contribution is -2.33. The van der Waals surface area contributed by atoms with Crippen molar-refractivity contribution in [2.75, 3.05) is 23.9 Å². The molecular weight excluding hydrogens is 455 g/mol. The molecule has 2 heterocycles. The lowest BCUT2D eigenvalue weighted by atomic mass is 10.0. The topological polar surface area (TPSA) is 50.3 Å². The van der Waals surface area contributed by atoms with Crippen molar-refractivity contribution in [3.05, 3.63) is 76.7 Å². The first-order valence-electron chi connectivity index (χ1n) is 10.6. The molecule has 1 N–H and O–H groups in total. The molecule has 1 aliphatic heterocycles. The number of nitrogens with one attached hydrogen (secondary N) is 1. The summed E-state index contributed by atoms with van der Waals surface area (Å²) in [5.74, 6) is -2.10. The van der Waals surface area contributed by atoms with Crippen LogP contribution in [0.1, 0.15) is 35.1 Å². The molecule has 0 bridgehead atoms. The summed E-state index contributed by atoms with van der Waals surface area (Å²) < 4.78 is 72.8. The first-order chi connectivity index (χ1) is 16.1. The summed E-state index contributed by atoms with van der Waals surface area (Å²) in [6.07, 6.45) is -4.07. The van der Waals surface area contributed by atoms with E-state index < -0.39 is 17.7 Å². The lowest BCUT2D eigenvalue weighted by Gasteiger charge is -2.32. The van der Waals surface area contributed by atoms with E-state index in [4.69, 9.17) is 4.74 Å². The molecule has 2 aromatic carbocycles.